The summed E-state index contributed by atoms with van der Waals surface area (Å²) in [6.07, 6.45) is 0. The highest BCUT2D eigenvalue weighted by Crippen LogP contribution is 2.36. The van der Waals surface area contributed by atoms with Gasteiger partial charge in [0.05, 0.1) is 11.1 Å². The second-order valence-corrected chi connectivity index (χ2v) is 5.35. The van der Waals surface area contributed by atoms with E-state index in [9.17, 15) is 0 Å². The van der Waals surface area contributed by atoms with E-state index in [0.717, 1.165) is 33.3 Å². The summed E-state index contributed by atoms with van der Waals surface area (Å²) in [6, 6.07) is 21.8. The molecular weight excluding hydrogens is 282 g/mol. The van der Waals surface area contributed by atoms with Crippen LogP contribution in [0.3, 0.4) is 0 Å². The first-order chi connectivity index (χ1) is 10.3. The Morgan fingerprint density at radius 2 is 1.67 bits per heavy atom. The van der Waals surface area contributed by atoms with Crippen molar-refractivity contribution in [1.29, 1.82) is 0 Å². The third-order valence-corrected chi connectivity index (χ3v) is 3.75. The fraction of sp³-hybridized carbons (Fsp3) is 0. The quantitative estimate of drug-likeness (QED) is 0.491. The molecule has 0 aliphatic rings. The van der Waals surface area contributed by atoms with Crippen LogP contribution in [-0.4, -0.2) is 0 Å². The number of benzene rings is 3. The van der Waals surface area contributed by atoms with Crippen molar-refractivity contribution >= 4 is 44.9 Å². The fourth-order valence-corrected chi connectivity index (χ4v) is 2.74. The summed E-state index contributed by atoms with van der Waals surface area (Å²) < 4.78 is 5.89. The molecule has 0 aliphatic carbocycles. The van der Waals surface area contributed by atoms with E-state index in [4.69, 9.17) is 16.0 Å². The van der Waals surface area contributed by atoms with Crippen LogP contribution in [0, 0.1) is 0 Å². The normalized spacial score (nSPS) is 11.1. The van der Waals surface area contributed by atoms with Crippen molar-refractivity contribution < 1.29 is 4.42 Å². The van der Waals surface area contributed by atoms with Gasteiger partial charge in [0.25, 0.3) is 0 Å². The van der Waals surface area contributed by atoms with Gasteiger partial charge in [-0.25, -0.2) is 0 Å². The third-order valence-electron chi connectivity index (χ3n) is 3.51. The van der Waals surface area contributed by atoms with Gasteiger partial charge in [-0.15, -0.1) is 0 Å². The average Bonchev–Trinajstić information content (AvgIpc) is 2.86. The van der Waals surface area contributed by atoms with Crippen LogP contribution in [-0.2, 0) is 0 Å². The zero-order chi connectivity index (χ0) is 14.2. The minimum absolute atomic E-state index is 0.680. The lowest BCUT2D eigenvalue weighted by Crippen LogP contribution is -1.89. The fourth-order valence-electron chi connectivity index (χ4n) is 2.58. The summed E-state index contributed by atoms with van der Waals surface area (Å²) in [5.74, 6) is 0. The van der Waals surface area contributed by atoms with Gasteiger partial charge in [-0.2, -0.15) is 0 Å². The second kappa shape index (κ2) is 4.83. The standard InChI is InChI=1S/C18H12ClNO/c19-12-9-10-14-17(11-12)21-16-8-4-7-15(18(14)16)20-13-5-2-1-3-6-13/h1-11,20H. The van der Waals surface area contributed by atoms with Crippen molar-refractivity contribution in [2.24, 2.45) is 0 Å². The van der Waals surface area contributed by atoms with E-state index in [0.29, 0.717) is 5.02 Å². The minimum atomic E-state index is 0.680. The van der Waals surface area contributed by atoms with Crippen LogP contribution in [0.25, 0.3) is 21.9 Å². The highest BCUT2D eigenvalue weighted by Gasteiger charge is 2.11. The van der Waals surface area contributed by atoms with Crippen molar-refractivity contribution in [1.82, 2.24) is 0 Å². The number of anilines is 2. The molecule has 0 saturated carbocycles. The summed E-state index contributed by atoms with van der Waals surface area (Å²) in [4.78, 5) is 0. The number of rotatable bonds is 2. The van der Waals surface area contributed by atoms with Crippen molar-refractivity contribution in [3.05, 3.63) is 71.8 Å². The number of fused-ring (bicyclic) bond motifs is 3. The predicted octanol–water partition coefficient (Wildman–Crippen LogP) is 5.98. The molecule has 1 heterocycles. The maximum atomic E-state index is 6.04. The first-order valence-electron chi connectivity index (χ1n) is 6.74. The molecule has 3 aromatic carbocycles. The topological polar surface area (TPSA) is 25.2 Å². The molecule has 3 heteroatoms. The molecule has 1 N–H and O–H groups in total. The molecule has 0 spiro atoms. The van der Waals surface area contributed by atoms with Gasteiger partial charge < -0.3 is 9.73 Å². The summed E-state index contributed by atoms with van der Waals surface area (Å²) in [6.45, 7) is 0. The van der Waals surface area contributed by atoms with E-state index in [2.05, 4.69) is 11.4 Å². The largest absolute Gasteiger partial charge is 0.456 e. The first-order valence-corrected chi connectivity index (χ1v) is 7.12. The monoisotopic (exact) mass is 293 g/mol. The highest BCUT2D eigenvalue weighted by molar-refractivity contribution is 6.31. The summed E-state index contributed by atoms with van der Waals surface area (Å²) >= 11 is 6.04. The highest BCUT2D eigenvalue weighted by atomic mass is 35.5. The Morgan fingerprint density at radius 1 is 0.810 bits per heavy atom. The number of halogens is 1. The second-order valence-electron chi connectivity index (χ2n) is 4.91. The molecular formula is C18H12ClNO. The van der Waals surface area contributed by atoms with Crippen LogP contribution in [0.4, 0.5) is 11.4 Å². The van der Waals surface area contributed by atoms with Gasteiger partial charge in [-0.3, -0.25) is 0 Å². The number of nitrogens with one attached hydrogen (secondary N) is 1. The Kier molecular flexibility index (Phi) is 2.83. The Labute approximate surface area is 126 Å². The van der Waals surface area contributed by atoms with Gasteiger partial charge in [0.15, 0.2) is 0 Å². The van der Waals surface area contributed by atoms with Gasteiger partial charge in [-0.05, 0) is 36.4 Å². The molecule has 21 heavy (non-hydrogen) atoms. The summed E-state index contributed by atoms with van der Waals surface area (Å²) in [5, 5.41) is 6.27. The molecule has 1 aromatic heterocycles. The van der Waals surface area contributed by atoms with Crippen molar-refractivity contribution in [2.75, 3.05) is 5.32 Å². The molecule has 4 rings (SSSR count). The Hall–Kier alpha value is -2.45. The molecule has 0 bridgehead atoms. The Morgan fingerprint density at radius 3 is 2.52 bits per heavy atom. The van der Waals surface area contributed by atoms with Crippen molar-refractivity contribution in [3.8, 4) is 0 Å². The number of hydrogen-bond donors (Lipinski definition) is 1. The first kappa shape index (κ1) is 12.3. The van der Waals surface area contributed by atoms with Crippen LogP contribution in [0.5, 0.6) is 0 Å². The average molecular weight is 294 g/mol. The van der Waals surface area contributed by atoms with Gasteiger partial charge in [0.1, 0.15) is 11.2 Å². The number of hydrogen-bond acceptors (Lipinski definition) is 2. The van der Waals surface area contributed by atoms with Crippen LogP contribution in [0.15, 0.2) is 71.1 Å². The SMILES string of the molecule is Clc1ccc2c(c1)oc1cccc(Nc3ccccc3)c12. The maximum Gasteiger partial charge on any atom is 0.137 e. The molecule has 0 aliphatic heterocycles. The summed E-state index contributed by atoms with van der Waals surface area (Å²) in [7, 11) is 0. The zero-order valence-electron chi connectivity index (χ0n) is 11.1. The molecule has 102 valence electrons. The summed E-state index contributed by atoms with van der Waals surface area (Å²) in [5.41, 5.74) is 3.74. The molecule has 0 amide bonds. The molecule has 0 radical (unpaired) electrons. The Bertz CT molecular complexity index is 928. The Balaban J connectivity index is 1.94. The maximum absolute atomic E-state index is 6.04. The van der Waals surface area contributed by atoms with Crippen molar-refractivity contribution in [3.63, 3.8) is 0 Å². The van der Waals surface area contributed by atoms with Crippen molar-refractivity contribution in [2.45, 2.75) is 0 Å². The number of furan rings is 1. The van der Waals surface area contributed by atoms with E-state index in [1.807, 2.05) is 60.7 Å². The van der Waals surface area contributed by atoms with E-state index in [1.165, 1.54) is 0 Å². The zero-order valence-corrected chi connectivity index (χ0v) is 11.9. The van der Waals surface area contributed by atoms with E-state index >= 15 is 0 Å². The lowest BCUT2D eigenvalue weighted by molar-refractivity contribution is 0.669. The number of para-hydroxylation sites is 1. The lowest BCUT2D eigenvalue weighted by Gasteiger charge is -2.07. The van der Waals surface area contributed by atoms with E-state index in [1.54, 1.807) is 0 Å². The van der Waals surface area contributed by atoms with Gasteiger partial charge in [0, 0.05) is 22.2 Å². The van der Waals surface area contributed by atoms with Gasteiger partial charge >= 0.3 is 0 Å². The van der Waals surface area contributed by atoms with Gasteiger partial charge in [0.2, 0.25) is 0 Å². The predicted molar refractivity (Wildman–Crippen MR) is 88.5 cm³/mol. The molecule has 2 nitrogen and oxygen atoms in total. The molecule has 0 saturated heterocycles. The third kappa shape index (κ3) is 2.14. The molecule has 0 atom stereocenters. The van der Waals surface area contributed by atoms with Crippen LogP contribution in [0.2, 0.25) is 5.02 Å². The van der Waals surface area contributed by atoms with Crippen LogP contribution < -0.4 is 5.32 Å². The van der Waals surface area contributed by atoms with Crippen LogP contribution in [0.1, 0.15) is 0 Å². The smallest absolute Gasteiger partial charge is 0.137 e. The van der Waals surface area contributed by atoms with E-state index in [-0.39, 0.29) is 0 Å². The lowest BCUT2D eigenvalue weighted by atomic mass is 10.1. The minimum Gasteiger partial charge on any atom is -0.456 e. The van der Waals surface area contributed by atoms with Crippen LogP contribution >= 0.6 is 11.6 Å². The van der Waals surface area contributed by atoms with E-state index < -0.39 is 0 Å². The van der Waals surface area contributed by atoms with Gasteiger partial charge in [-0.1, -0.05) is 35.9 Å². The molecule has 0 fully saturated rings. The molecule has 4 aromatic rings. The molecule has 0 unspecified atom stereocenters.